The molecule has 0 aliphatic rings. The SMILES string of the molecule is O=C(O)c1cnoc1-c1cc2cccc(Cl)c2o1. The molecule has 3 aromatic rings. The van der Waals surface area contributed by atoms with E-state index in [1.807, 2.05) is 6.07 Å². The summed E-state index contributed by atoms with van der Waals surface area (Å²) in [5.74, 6) is -0.763. The van der Waals surface area contributed by atoms with Crippen LogP contribution in [-0.4, -0.2) is 16.2 Å². The maximum Gasteiger partial charge on any atom is 0.341 e. The van der Waals surface area contributed by atoms with E-state index in [1.165, 1.54) is 0 Å². The zero-order valence-electron chi connectivity index (χ0n) is 8.88. The van der Waals surface area contributed by atoms with Gasteiger partial charge in [0, 0.05) is 5.39 Å². The van der Waals surface area contributed by atoms with Crippen molar-refractivity contribution in [1.82, 2.24) is 5.16 Å². The van der Waals surface area contributed by atoms with E-state index in [2.05, 4.69) is 5.16 Å². The van der Waals surface area contributed by atoms with E-state index in [9.17, 15) is 4.79 Å². The Morgan fingerprint density at radius 3 is 2.94 bits per heavy atom. The minimum atomic E-state index is -1.13. The molecular weight excluding hydrogens is 258 g/mol. The van der Waals surface area contributed by atoms with Crippen molar-refractivity contribution in [1.29, 1.82) is 0 Å². The highest BCUT2D eigenvalue weighted by molar-refractivity contribution is 6.34. The van der Waals surface area contributed by atoms with E-state index >= 15 is 0 Å². The summed E-state index contributed by atoms with van der Waals surface area (Å²) in [6.07, 6.45) is 1.13. The molecular formula is C12H6ClNO4. The van der Waals surface area contributed by atoms with Gasteiger partial charge in [-0.1, -0.05) is 28.9 Å². The molecule has 0 atom stereocenters. The van der Waals surface area contributed by atoms with Crippen molar-refractivity contribution in [2.24, 2.45) is 0 Å². The van der Waals surface area contributed by atoms with Crippen molar-refractivity contribution in [3.8, 4) is 11.5 Å². The monoisotopic (exact) mass is 263 g/mol. The summed E-state index contributed by atoms with van der Waals surface area (Å²) in [5.41, 5.74) is 0.437. The van der Waals surface area contributed by atoms with Crippen LogP contribution in [0.4, 0.5) is 0 Å². The number of hydrogen-bond donors (Lipinski definition) is 1. The third kappa shape index (κ3) is 1.56. The molecule has 0 radical (unpaired) electrons. The average molecular weight is 264 g/mol. The van der Waals surface area contributed by atoms with E-state index in [0.717, 1.165) is 11.6 Å². The topological polar surface area (TPSA) is 76.5 Å². The van der Waals surface area contributed by atoms with Gasteiger partial charge in [-0.15, -0.1) is 0 Å². The standard InChI is InChI=1S/C12H6ClNO4/c13-8-3-1-2-6-4-9(17-10(6)8)11-7(12(15)16)5-14-18-11/h1-5H,(H,15,16). The number of aromatic nitrogens is 1. The summed E-state index contributed by atoms with van der Waals surface area (Å²) in [7, 11) is 0. The fourth-order valence-electron chi connectivity index (χ4n) is 1.71. The summed E-state index contributed by atoms with van der Waals surface area (Å²) < 4.78 is 10.4. The summed E-state index contributed by atoms with van der Waals surface area (Å²) in [6, 6.07) is 6.94. The molecule has 0 aliphatic carbocycles. The fraction of sp³-hybridized carbons (Fsp3) is 0. The molecule has 0 fully saturated rings. The highest BCUT2D eigenvalue weighted by atomic mass is 35.5. The van der Waals surface area contributed by atoms with Crippen molar-refractivity contribution in [2.45, 2.75) is 0 Å². The second-order valence-corrected chi connectivity index (χ2v) is 4.05. The van der Waals surface area contributed by atoms with Crippen LogP contribution in [0.25, 0.3) is 22.5 Å². The molecule has 0 saturated heterocycles. The predicted molar refractivity (Wildman–Crippen MR) is 63.7 cm³/mol. The number of carboxylic acids is 1. The third-order valence-electron chi connectivity index (χ3n) is 2.52. The van der Waals surface area contributed by atoms with Gasteiger partial charge in [0.25, 0.3) is 0 Å². The van der Waals surface area contributed by atoms with Crippen LogP contribution in [0, 0.1) is 0 Å². The van der Waals surface area contributed by atoms with Crippen LogP contribution in [0.5, 0.6) is 0 Å². The van der Waals surface area contributed by atoms with E-state index in [1.54, 1.807) is 18.2 Å². The molecule has 2 heterocycles. The number of hydrogen-bond acceptors (Lipinski definition) is 4. The molecule has 0 unspecified atom stereocenters. The van der Waals surface area contributed by atoms with Crippen molar-refractivity contribution in [3.63, 3.8) is 0 Å². The lowest BCUT2D eigenvalue weighted by Gasteiger charge is -1.92. The molecule has 18 heavy (non-hydrogen) atoms. The molecule has 0 amide bonds. The molecule has 0 aliphatic heterocycles. The lowest BCUT2D eigenvalue weighted by Crippen LogP contribution is -1.95. The van der Waals surface area contributed by atoms with Crippen LogP contribution >= 0.6 is 11.6 Å². The van der Waals surface area contributed by atoms with Crippen LogP contribution in [0.3, 0.4) is 0 Å². The van der Waals surface area contributed by atoms with Gasteiger partial charge in [0.15, 0.2) is 11.3 Å². The smallest absolute Gasteiger partial charge is 0.341 e. The van der Waals surface area contributed by atoms with Crippen LogP contribution in [0.15, 0.2) is 39.4 Å². The Hall–Kier alpha value is -2.27. The van der Waals surface area contributed by atoms with Crippen molar-refractivity contribution >= 4 is 28.5 Å². The lowest BCUT2D eigenvalue weighted by molar-refractivity contribution is 0.0697. The molecule has 1 N–H and O–H groups in total. The summed E-state index contributed by atoms with van der Waals surface area (Å²) in [4.78, 5) is 11.0. The fourth-order valence-corrected chi connectivity index (χ4v) is 1.93. The molecule has 90 valence electrons. The quantitative estimate of drug-likeness (QED) is 0.766. The van der Waals surface area contributed by atoms with Gasteiger partial charge < -0.3 is 14.0 Å². The zero-order valence-corrected chi connectivity index (χ0v) is 9.64. The van der Waals surface area contributed by atoms with Gasteiger partial charge in [0.2, 0.25) is 5.76 Å². The first-order valence-corrected chi connectivity index (χ1v) is 5.41. The predicted octanol–water partition coefficient (Wildman–Crippen LogP) is 3.44. The van der Waals surface area contributed by atoms with Crippen molar-refractivity contribution in [3.05, 3.63) is 41.0 Å². The Morgan fingerprint density at radius 1 is 1.39 bits per heavy atom. The number of benzene rings is 1. The summed E-state index contributed by atoms with van der Waals surface area (Å²) >= 11 is 5.98. The Kier molecular flexibility index (Phi) is 2.34. The van der Waals surface area contributed by atoms with Crippen LogP contribution in [-0.2, 0) is 0 Å². The van der Waals surface area contributed by atoms with Crippen LogP contribution in [0.2, 0.25) is 5.02 Å². The number of furan rings is 1. The normalized spacial score (nSPS) is 10.9. The molecule has 0 saturated carbocycles. The summed E-state index contributed by atoms with van der Waals surface area (Å²) in [5, 5.41) is 13.7. The van der Waals surface area contributed by atoms with Gasteiger partial charge in [-0.25, -0.2) is 4.79 Å². The maximum atomic E-state index is 11.0. The first-order valence-electron chi connectivity index (χ1n) is 5.03. The Labute approximate surface area is 106 Å². The number of fused-ring (bicyclic) bond motifs is 1. The minimum absolute atomic E-state index is 0.0508. The Balaban J connectivity index is 2.23. The number of aromatic carboxylic acids is 1. The van der Waals surface area contributed by atoms with Gasteiger partial charge in [0.1, 0.15) is 5.56 Å². The van der Waals surface area contributed by atoms with E-state index in [4.69, 9.17) is 25.6 Å². The molecule has 0 spiro atoms. The van der Waals surface area contributed by atoms with Crippen molar-refractivity contribution < 1.29 is 18.8 Å². The molecule has 2 aromatic heterocycles. The molecule has 0 bridgehead atoms. The average Bonchev–Trinajstić information content (AvgIpc) is 2.95. The van der Waals surface area contributed by atoms with Crippen molar-refractivity contribution in [2.75, 3.05) is 0 Å². The third-order valence-corrected chi connectivity index (χ3v) is 2.82. The van der Waals surface area contributed by atoms with E-state index in [0.29, 0.717) is 10.6 Å². The number of rotatable bonds is 2. The second-order valence-electron chi connectivity index (χ2n) is 3.64. The summed E-state index contributed by atoms with van der Waals surface area (Å²) in [6.45, 7) is 0. The van der Waals surface area contributed by atoms with E-state index < -0.39 is 5.97 Å². The lowest BCUT2D eigenvalue weighted by atomic mass is 10.2. The molecule has 5 nitrogen and oxygen atoms in total. The van der Waals surface area contributed by atoms with Crippen LogP contribution < -0.4 is 0 Å². The zero-order chi connectivity index (χ0) is 12.7. The first-order chi connectivity index (χ1) is 8.66. The second kappa shape index (κ2) is 3.89. The number of para-hydroxylation sites is 1. The highest BCUT2D eigenvalue weighted by Gasteiger charge is 2.20. The number of carboxylic acid groups (broad SMARTS) is 1. The van der Waals surface area contributed by atoms with Gasteiger partial charge in [-0.3, -0.25) is 0 Å². The number of halogens is 1. The molecule has 1 aromatic carbocycles. The van der Waals surface area contributed by atoms with Gasteiger partial charge in [0.05, 0.1) is 11.2 Å². The number of nitrogens with zero attached hydrogens (tertiary/aromatic N) is 1. The van der Waals surface area contributed by atoms with Crippen LogP contribution in [0.1, 0.15) is 10.4 Å². The number of carbonyl (C=O) groups is 1. The van der Waals surface area contributed by atoms with Gasteiger partial charge >= 0.3 is 5.97 Å². The maximum absolute atomic E-state index is 11.0. The minimum Gasteiger partial charge on any atom is -0.477 e. The largest absolute Gasteiger partial charge is 0.477 e. The molecule has 3 rings (SSSR count). The first kappa shape index (κ1) is 10.9. The molecule has 6 heteroatoms. The van der Waals surface area contributed by atoms with Gasteiger partial charge in [-0.2, -0.15) is 0 Å². The Morgan fingerprint density at radius 2 is 2.22 bits per heavy atom. The highest BCUT2D eigenvalue weighted by Crippen LogP contribution is 2.33. The van der Waals surface area contributed by atoms with Gasteiger partial charge in [-0.05, 0) is 12.1 Å². The Bertz CT molecular complexity index is 743. The van der Waals surface area contributed by atoms with E-state index in [-0.39, 0.29) is 17.1 Å².